The van der Waals surface area contributed by atoms with Crippen LogP contribution in [0.15, 0.2) is 64.3 Å². The highest BCUT2D eigenvalue weighted by molar-refractivity contribution is 6.01. The Bertz CT molecular complexity index is 1080. The number of hydrogen-bond donors (Lipinski definition) is 1. The van der Waals surface area contributed by atoms with Crippen molar-refractivity contribution in [3.63, 3.8) is 0 Å². The van der Waals surface area contributed by atoms with Crippen molar-refractivity contribution in [2.75, 3.05) is 24.5 Å². The van der Waals surface area contributed by atoms with Crippen molar-refractivity contribution in [1.82, 2.24) is 5.32 Å². The largest absolute Gasteiger partial charge is 0.464 e. The summed E-state index contributed by atoms with van der Waals surface area (Å²) >= 11 is 0. The van der Waals surface area contributed by atoms with E-state index in [1.165, 1.54) is 6.07 Å². The molecule has 5 rings (SSSR count). The van der Waals surface area contributed by atoms with Crippen molar-refractivity contribution in [2.45, 2.75) is 19.3 Å². The van der Waals surface area contributed by atoms with E-state index in [9.17, 15) is 4.39 Å². The number of nitrogens with one attached hydrogen (secondary N) is 1. The van der Waals surface area contributed by atoms with Crippen LogP contribution in [0.4, 0.5) is 10.1 Å². The van der Waals surface area contributed by atoms with E-state index in [1.807, 2.05) is 12.1 Å². The molecule has 0 spiro atoms. The van der Waals surface area contributed by atoms with Gasteiger partial charge in [0.25, 0.3) is 0 Å². The third kappa shape index (κ3) is 3.07. The number of aliphatic imine (C=N–C) groups is 1. The second-order valence-electron chi connectivity index (χ2n) is 7.23. The van der Waals surface area contributed by atoms with E-state index < -0.39 is 0 Å². The Morgan fingerprint density at radius 1 is 1.18 bits per heavy atom. The van der Waals surface area contributed by atoms with Gasteiger partial charge in [0.15, 0.2) is 0 Å². The number of rotatable bonds is 5. The molecule has 2 aliphatic rings. The van der Waals surface area contributed by atoms with Crippen molar-refractivity contribution in [3.8, 4) is 0 Å². The van der Waals surface area contributed by atoms with Crippen LogP contribution in [0.2, 0.25) is 0 Å². The normalized spacial score (nSPS) is 16.0. The Labute approximate surface area is 163 Å². The molecule has 3 aromatic rings. The van der Waals surface area contributed by atoms with Crippen LogP contribution in [0.5, 0.6) is 0 Å². The minimum absolute atomic E-state index is 0.178. The van der Waals surface area contributed by atoms with Crippen LogP contribution < -0.4 is 10.2 Å². The van der Waals surface area contributed by atoms with Crippen LogP contribution in [-0.2, 0) is 12.8 Å². The van der Waals surface area contributed by atoms with Crippen molar-refractivity contribution in [1.29, 1.82) is 0 Å². The molecule has 0 amide bonds. The molecule has 0 atom stereocenters. The summed E-state index contributed by atoms with van der Waals surface area (Å²) < 4.78 is 20.4. The second kappa shape index (κ2) is 7.15. The van der Waals surface area contributed by atoms with Gasteiger partial charge in [-0.3, -0.25) is 4.99 Å². The van der Waals surface area contributed by atoms with Crippen molar-refractivity contribution in [2.24, 2.45) is 4.99 Å². The number of halogens is 1. The zero-order valence-corrected chi connectivity index (χ0v) is 15.6. The van der Waals surface area contributed by atoms with E-state index in [-0.39, 0.29) is 5.82 Å². The molecule has 0 bridgehead atoms. The fourth-order valence-corrected chi connectivity index (χ4v) is 4.07. The Balaban J connectivity index is 1.48. The van der Waals surface area contributed by atoms with Gasteiger partial charge in [0.05, 0.1) is 12.8 Å². The monoisotopic (exact) mass is 375 g/mol. The zero-order chi connectivity index (χ0) is 18.9. The molecule has 2 aliphatic heterocycles. The molecule has 0 aliphatic carbocycles. The Hall–Kier alpha value is -3.08. The molecule has 0 fully saturated rings. The zero-order valence-electron chi connectivity index (χ0n) is 15.6. The molecule has 0 saturated heterocycles. The first-order chi connectivity index (χ1) is 13.8. The van der Waals surface area contributed by atoms with Crippen molar-refractivity contribution in [3.05, 3.63) is 77.4 Å². The first-order valence-corrected chi connectivity index (χ1v) is 9.79. The quantitative estimate of drug-likeness (QED) is 0.717. The average Bonchev–Trinajstić information content (AvgIpc) is 3.48. The maximum Gasteiger partial charge on any atom is 0.137 e. The number of nitrogens with zero attached hydrogens (tertiary/aromatic N) is 2. The summed E-state index contributed by atoms with van der Waals surface area (Å²) in [7, 11) is 0. The van der Waals surface area contributed by atoms with Gasteiger partial charge in [0, 0.05) is 35.9 Å². The summed E-state index contributed by atoms with van der Waals surface area (Å²) in [5, 5.41) is 4.35. The fourth-order valence-electron chi connectivity index (χ4n) is 4.07. The minimum Gasteiger partial charge on any atom is -0.464 e. The molecule has 4 nitrogen and oxygen atoms in total. The average molecular weight is 375 g/mol. The van der Waals surface area contributed by atoms with Gasteiger partial charge in [-0.05, 0) is 54.7 Å². The van der Waals surface area contributed by atoms with Crippen LogP contribution in [-0.4, -0.2) is 25.5 Å². The Morgan fingerprint density at radius 2 is 2.14 bits per heavy atom. The maximum atomic E-state index is 14.7. The van der Waals surface area contributed by atoms with E-state index >= 15 is 0 Å². The molecule has 1 N–H and O–H groups in total. The highest BCUT2D eigenvalue weighted by Gasteiger charge is 2.18. The highest BCUT2D eigenvalue weighted by Crippen LogP contribution is 2.30. The van der Waals surface area contributed by atoms with Crippen LogP contribution in [0.3, 0.4) is 0 Å². The number of benzene rings is 2. The summed E-state index contributed by atoms with van der Waals surface area (Å²) in [5.41, 5.74) is 4.73. The number of hydrogen-bond acceptors (Lipinski definition) is 4. The van der Waals surface area contributed by atoms with Crippen LogP contribution in [0, 0.1) is 5.82 Å². The first kappa shape index (κ1) is 17.0. The predicted octanol–water partition coefficient (Wildman–Crippen LogP) is 4.43. The molecule has 3 heterocycles. The Morgan fingerprint density at radius 3 is 2.96 bits per heavy atom. The van der Waals surface area contributed by atoms with Gasteiger partial charge in [-0.25, -0.2) is 4.39 Å². The summed E-state index contributed by atoms with van der Waals surface area (Å²) in [6.07, 6.45) is 8.40. The number of amidine groups is 1. The lowest BCUT2D eigenvalue weighted by Crippen LogP contribution is -2.21. The van der Waals surface area contributed by atoms with Gasteiger partial charge < -0.3 is 14.6 Å². The van der Waals surface area contributed by atoms with E-state index in [1.54, 1.807) is 12.3 Å². The summed E-state index contributed by atoms with van der Waals surface area (Å²) in [5.74, 6) is 0.622. The molecule has 0 unspecified atom stereocenters. The SMILES string of the molecule is Fc1cccc(C2=NCCN2)c1CCc1cc(N2C=CCC2)cc2ccoc12. The lowest BCUT2D eigenvalue weighted by atomic mass is 9.97. The lowest BCUT2D eigenvalue weighted by Gasteiger charge is -2.17. The molecule has 5 heteroatoms. The topological polar surface area (TPSA) is 40.8 Å². The molecule has 1 aromatic heterocycles. The third-order valence-corrected chi connectivity index (χ3v) is 5.46. The fraction of sp³-hybridized carbons (Fsp3) is 0.261. The number of fused-ring (bicyclic) bond motifs is 1. The molecular weight excluding hydrogens is 353 g/mol. The van der Waals surface area contributed by atoms with E-state index in [2.05, 4.69) is 39.6 Å². The number of furan rings is 1. The van der Waals surface area contributed by atoms with Gasteiger partial charge in [-0.2, -0.15) is 0 Å². The predicted molar refractivity (Wildman–Crippen MR) is 111 cm³/mol. The van der Waals surface area contributed by atoms with Gasteiger partial charge in [0.2, 0.25) is 0 Å². The number of aryl methyl sites for hydroxylation is 1. The van der Waals surface area contributed by atoms with Crippen LogP contribution in [0.25, 0.3) is 11.0 Å². The summed E-state index contributed by atoms with van der Waals surface area (Å²) in [4.78, 5) is 6.73. The molecule has 0 saturated carbocycles. The smallest absolute Gasteiger partial charge is 0.137 e. The van der Waals surface area contributed by atoms with Gasteiger partial charge in [-0.1, -0.05) is 18.2 Å². The summed E-state index contributed by atoms with van der Waals surface area (Å²) in [6, 6.07) is 11.6. The van der Waals surface area contributed by atoms with E-state index in [4.69, 9.17) is 4.42 Å². The standard InChI is InChI=1S/C23H22FN3O/c24-21-5-3-4-20(23-25-9-10-26-23)19(21)7-6-16-14-18(27-11-1-2-12-27)15-17-8-13-28-22(16)17/h1,3-5,8,11,13-15H,2,6-7,9-10,12H2,(H,25,26). The molecule has 28 heavy (non-hydrogen) atoms. The first-order valence-electron chi connectivity index (χ1n) is 9.79. The number of anilines is 1. The van der Waals surface area contributed by atoms with Gasteiger partial charge >= 0.3 is 0 Å². The van der Waals surface area contributed by atoms with Crippen LogP contribution in [0.1, 0.15) is 23.1 Å². The molecule has 0 radical (unpaired) electrons. The lowest BCUT2D eigenvalue weighted by molar-refractivity contribution is 0.601. The van der Waals surface area contributed by atoms with Crippen molar-refractivity contribution >= 4 is 22.5 Å². The summed E-state index contributed by atoms with van der Waals surface area (Å²) in [6.45, 7) is 2.54. The minimum atomic E-state index is -0.178. The molecule has 2 aromatic carbocycles. The molecular formula is C23H22FN3O. The molecule has 142 valence electrons. The van der Waals surface area contributed by atoms with Crippen molar-refractivity contribution < 1.29 is 8.81 Å². The van der Waals surface area contributed by atoms with Crippen LogP contribution >= 0.6 is 0 Å². The highest BCUT2D eigenvalue weighted by atomic mass is 19.1. The van der Waals surface area contributed by atoms with E-state index in [0.29, 0.717) is 18.4 Å². The van der Waals surface area contributed by atoms with E-state index in [0.717, 1.165) is 59.7 Å². The second-order valence-corrected chi connectivity index (χ2v) is 7.23. The van der Waals surface area contributed by atoms with Gasteiger partial charge in [0.1, 0.15) is 17.2 Å². The third-order valence-electron chi connectivity index (χ3n) is 5.46. The Kier molecular flexibility index (Phi) is 4.35. The maximum absolute atomic E-state index is 14.7. The van der Waals surface area contributed by atoms with Gasteiger partial charge in [-0.15, -0.1) is 0 Å².